The molecule has 13 heteroatoms. The third kappa shape index (κ3) is 7.35. The van der Waals surface area contributed by atoms with E-state index < -0.39 is 34.4 Å². The molecule has 0 bridgehead atoms. The highest BCUT2D eigenvalue weighted by Gasteiger charge is 2.34. The fraction of sp³-hybridized carbons (Fsp3) is 0.286. The van der Waals surface area contributed by atoms with Crippen LogP contribution >= 0.6 is 23.2 Å². The fourth-order valence-corrected chi connectivity index (χ4v) is 5.91. The monoisotopic (exact) mass is 623 g/mol. The SMILES string of the molecule is CNC(=O)[C@H](C)N(Cc1cccc(Cl)c1)C(=O)CN(c1cc(Cl)ccc1OC)S(=O)(=O)c1ccc(OC)c(OC)c1. The highest BCUT2D eigenvalue weighted by Crippen LogP contribution is 2.37. The molecule has 0 aliphatic carbocycles. The lowest BCUT2D eigenvalue weighted by molar-refractivity contribution is -0.139. The summed E-state index contributed by atoms with van der Waals surface area (Å²) in [4.78, 5) is 27.7. The zero-order chi connectivity index (χ0) is 30.3. The number of hydrogen-bond donors (Lipinski definition) is 1. The van der Waals surface area contributed by atoms with Crippen LogP contribution in [-0.4, -0.2) is 66.1 Å². The number of rotatable bonds is 12. The summed E-state index contributed by atoms with van der Waals surface area (Å²) in [5.41, 5.74) is 0.676. The van der Waals surface area contributed by atoms with Crippen molar-refractivity contribution in [1.82, 2.24) is 10.2 Å². The van der Waals surface area contributed by atoms with E-state index in [9.17, 15) is 18.0 Å². The van der Waals surface area contributed by atoms with Gasteiger partial charge in [0.2, 0.25) is 11.8 Å². The van der Waals surface area contributed by atoms with Gasteiger partial charge in [-0.25, -0.2) is 8.42 Å². The Balaban J connectivity index is 2.15. The van der Waals surface area contributed by atoms with Gasteiger partial charge >= 0.3 is 0 Å². The summed E-state index contributed by atoms with van der Waals surface area (Å²) in [6.07, 6.45) is 0. The Morgan fingerprint density at radius 1 is 0.878 bits per heavy atom. The number of nitrogens with one attached hydrogen (secondary N) is 1. The number of methoxy groups -OCH3 is 3. The maximum Gasteiger partial charge on any atom is 0.265 e. The van der Waals surface area contributed by atoms with E-state index >= 15 is 0 Å². The number of nitrogens with zero attached hydrogens (tertiary/aromatic N) is 2. The van der Waals surface area contributed by atoms with E-state index in [4.69, 9.17) is 37.4 Å². The number of sulfonamides is 1. The summed E-state index contributed by atoms with van der Waals surface area (Å²) < 4.78 is 45.2. The van der Waals surface area contributed by atoms with Crippen molar-refractivity contribution in [3.05, 3.63) is 76.3 Å². The zero-order valence-electron chi connectivity index (χ0n) is 23.2. The van der Waals surface area contributed by atoms with Gasteiger partial charge in [0, 0.05) is 29.7 Å². The van der Waals surface area contributed by atoms with E-state index in [1.165, 1.54) is 69.7 Å². The first-order valence-electron chi connectivity index (χ1n) is 12.3. The van der Waals surface area contributed by atoms with Crippen LogP contribution in [0.1, 0.15) is 12.5 Å². The van der Waals surface area contributed by atoms with Crippen molar-refractivity contribution in [3.63, 3.8) is 0 Å². The molecule has 3 aromatic carbocycles. The minimum atomic E-state index is -4.43. The third-order valence-corrected chi connectivity index (χ3v) is 8.51. The van der Waals surface area contributed by atoms with Gasteiger partial charge in [-0.3, -0.25) is 13.9 Å². The van der Waals surface area contributed by atoms with Crippen molar-refractivity contribution in [2.75, 3.05) is 39.2 Å². The minimum Gasteiger partial charge on any atom is -0.495 e. The van der Waals surface area contributed by atoms with Crippen molar-refractivity contribution in [2.45, 2.75) is 24.4 Å². The van der Waals surface area contributed by atoms with Crippen LogP contribution in [0.4, 0.5) is 5.69 Å². The first kappa shape index (κ1) is 31.9. The third-order valence-electron chi connectivity index (χ3n) is 6.29. The largest absolute Gasteiger partial charge is 0.495 e. The van der Waals surface area contributed by atoms with Gasteiger partial charge in [0.1, 0.15) is 18.3 Å². The maximum absolute atomic E-state index is 14.2. The highest BCUT2D eigenvalue weighted by molar-refractivity contribution is 7.92. The van der Waals surface area contributed by atoms with Crippen LogP contribution in [0.5, 0.6) is 17.2 Å². The molecule has 0 aromatic heterocycles. The van der Waals surface area contributed by atoms with Crippen LogP contribution in [0.3, 0.4) is 0 Å². The van der Waals surface area contributed by atoms with Gasteiger partial charge in [0.15, 0.2) is 11.5 Å². The molecule has 220 valence electrons. The van der Waals surface area contributed by atoms with Crippen LogP contribution in [0.15, 0.2) is 65.6 Å². The van der Waals surface area contributed by atoms with E-state index in [-0.39, 0.29) is 33.6 Å². The van der Waals surface area contributed by atoms with Crippen molar-refractivity contribution < 1.29 is 32.2 Å². The van der Waals surface area contributed by atoms with Crippen molar-refractivity contribution in [1.29, 1.82) is 0 Å². The molecule has 3 aromatic rings. The van der Waals surface area contributed by atoms with Crippen LogP contribution < -0.4 is 23.8 Å². The lowest BCUT2D eigenvalue weighted by Gasteiger charge is -2.32. The summed E-state index contributed by atoms with van der Waals surface area (Å²) in [6, 6.07) is 14.4. The standard InChI is InChI=1S/C28H31Cl2N3O7S/c1-18(28(35)31-2)32(16-19-7-6-8-20(29)13-19)27(34)17-33(23-14-21(30)9-11-24(23)38-3)41(36,37)22-10-12-25(39-4)26(15-22)40-5/h6-15,18H,16-17H2,1-5H3,(H,31,35)/t18-/m0/s1. The smallest absolute Gasteiger partial charge is 0.265 e. The number of benzene rings is 3. The second-order valence-electron chi connectivity index (χ2n) is 8.79. The Hall–Kier alpha value is -3.67. The molecule has 0 unspecified atom stereocenters. The molecule has 0 aliphatic heterocycles. The van der Waals surface area contributed by atoms with Gasteiger partial charge in [0.05, 0.1) is 31.9 Å². The van der Waals surface area contributed by atoms with Crippen LogP contribution in [-0.2, 0) is 26.2 Å². The van der Waals surface area contributed by atoms with E-state index in [2.05, 4.69) is 5.32 Å². The van der Waals surface area contributed by atoms with E-state index in [1.54, 1.807) is 31.2 Å². The number of carbonyl (C=O) groups is 2. The minimum absolute atomic E-state index is 0.00902. The molecule has 41 heavy (non-hydrogen) atoms. The molecular formula is C28H31Cl2N3O7S. The molecule has 1 N–H and O–H groups in total. The van der Waals surface area contributed by atoms with E-state index in [0.29, 0.717) is 16.3 Å². The molecule has 0 saturated carbocycles. The first-order valence-corrected chi connectivity index (χ1v) is 14.5. The predicted octanol–water partition coefficient (Wildman–Crippen LogP) is 4.38. The molecule has 0 fully saturated rings. The van der Waals surface area contributed by atoms with Gasteiger partial charge < -0.3 is 24.4 Å². The summed E-state index contributed by atoms with van der Waals surface area (Å²) in [5.74, 6) is -0.440. The van der Waals surface area contributed by atoms with Gasteiger partial charge in [-0.2, -0.15) is 0 Å². The molecular weight excluding hydrogens is 593 g/mol. The van der Waals surface area contributed by atoms with Crippen molar-refractivity contribution >= 4 is 50.7 Å². The normalized spacial score (nSPS) is 11.8. The number of carbonyl (C=O) groups excluding carboxylic acids is 2. The molecule has 1 atom stereocenters. The number of hydrogen-bond acceptors (Lipinski definition) is 7. The Labute approximate surface area is 249 Å². The van der Waals surface area contributed by atoms with Gasteiger partial charge in [0.25, 0.3) is 10.0 Å². The predicted molar refractivity (Wildman–Crippen MR) is 158 cm³/mol. The second kappa shape index (κ2) is 13.8. The molecule has 0 heterocycles. The molecule has 3 rings (SSSR count). The van der Waals surface area contributed by atoms with Gasteiger partial charge in [-0.05, 0) is 55.0 Å². The number of amides is 2. The number of ether oxygens (including phenoxy) is 3. The summed E-state index contributed by atoms with van der Waals surface area (Å²) in [5, 5.41) is 3.20. The van der Waals surface area contributed by atoms with Gasteiger partial charge in [-0.15, -0.1) is 0 Å². The van der Waals surface area contributed by atoms with Crippen LogP contribution in [0, 0.1) is 0 Å². The molecule has 0 aliphatic rings. The Bertz CT molecular complexity index is 1520. The first-order chi connectivity index (χ1) is 19.5. The zero-order valence-corrected chi connectivity index (χ0v) is 25.5. The highest BCUT2D eigenvalue weighted by atomic mass is 35.5. The second-order valence-corrected chi connectivity index (χ2v) is 11.5. The van der Waals surface area contributed by atoms with Crippen LogP contribution in [0.25, 0.3) is 0 Å². The number of anilines is 1. The fourth-order valence-electron chi connectivity index (χ4n) is 4.10. The molecule has 10 nitrogen and oxygen atoms in total. The number of likely N-dealkylation sites (N-methyl/N-ethyl adjacent to an activating group) is 1. The molecule has 0 radical (unpaired) electrons. The molecule has 0 spiro atoms. The maximum atomic E-state index is 14.2. The quantitative estimate of drug-likeness (QED) is 0.318. The Morgan fingerprint density at radius 2 is 1.51 bits per heavy atom. The lowest BCUT2D eigenvalue weighted by atomic mass is 10.1. The lowest BCUT2D eigenvalue weighted by Crippen LogP contribution is -2.50. The number of halogens is 2. The van der Waals surface area contributed by atoms with Crippen LogP contribution in [0.2, 0.25) is 10.0 Å². The van der Waals surface area contributed by atoms with E-state index in [0.717, 1.165) is 4.31 Å². The van der Waals surface area contributed by atoms with Crippen molar-refractivity contribution in [3.8, 4) is 17.2 Å². The molecule has 0 saturated heterocycles. The Morgan fingerprint density at radius 3 is 2.12 bits per heavy atom. The van der Waals surface area contributed by atoms with Crippen molar-refractivity contribution in [2.24, 2.45) is 0 Å². The van der Waals surface area contributed by atoms with E-state index in [1.807, 2.05) is 0 Å². The average Bonchev–Trinajstić information content (AvgIpc) is 2.97. The summed E-state index contributed by atoms with van der Waals surface area (Å²) >= 11 is 12.4. The summed E-state index contributed by atoms with van der Waals surface area (Å²) in [6.45, 7) is 0.856. The van der Waals surface area contributed by atoms with Gasteiger partial charge in [-0.1, -0.05) is 35.3 Å². The Kier molecular flexibility index (Phi) is 10.7. The topological polar surface area (TPSA) is 114 Å². The summed E-state index contributed by atoms with van der Waals surface area (Å²) in [7, 11) is 1.19. The average molecular weight is 625 g/mol. The molecule has 2 amide bonds.